The molecule has 0 saturated carbocycles. The third-order valence-electron chi connectivity index (χ3n) is 5.96. The quantitative estimate of drug-likeness (QED) is 0.152. The Balaban J connectivity index is 1.24. The highest BCUT2D eigenvalue weighted by molar-refractivity contribution is 6.04. The van der Waals surface area contributed by atoms with Gasteiger partial charge in [-0.1, -0.05) is 35.8 Å². The lowest BCUT2D eigenvalue weighted by Crippen LogP contribution is -2.21. The number of anilines is 4. The summed E-state index contributed by atoms with van der Waals surface area (Å²) in [4.78, 5) is 45.4. The Morgan fingerprint density at radius 2 is 0.933 bits per heavy atom. The molecule has 10 nitrogen and oxygen atoms in total. The zero-order valence-electron chi connectivity index (χ0n) is 23.5. The lowest BCUT2D eigenvalue weighted by Gasteiger charge is -2.12. The number of carboxylic acid groups (broad SMARTS) is 1. The Morgan fingerprint density at radius 1 is 0.511 bits per heavy atom. The van der Waals surface area contributed by atoms with Gasteiger partial charge in [-0.2, -0.15) is 0 Å². The van der Waals surface area contributed by atoms with Crippen LogP contribution in [0.5, 0.6) is 0 Å². The number of rotatable bonds is 5. The molecule has 218 valence electrons. The van der Waals surface area contributed by atoms with Crippen LogP contribution in [0.25, 0.3) is 0 Å². The van der Waals surface area contributed by atoms with Crippen molar-refractivity contribution in [2.24, 2.45) is 0 Å². The van der Waals surface area contributed by atoms with Gasteiger partial charge in [-0.15, -0.1) is 0 Å². The number of urea groups is 2. The van der Waals surface area contributed by atoms with E-state index in [1.807, 2.05) is 12.1 Å². The number of nitrogens with one attached hydrogen (secondary N) is 4. The van der Waals surface area contributed by atoms with Gasteiger partial charge in [0.15, 0.2) is 0 Å². The molecule has 0 saturated heterocycles. The third-order valence-corrected chi connectivity index (χ3v) is 5.96. The summed E-state index contributed by atoms with van der Waals surface area (Å²) in [6.45, 7) is 0. The van der Waals surface area contributed by atoms with Crippen LogP contribution >= 0.6 is 0 Å². The van der Waals surface area contributed by atoms with Gasteiger partial charge in [0.1, 0.15) is 0 Å². The number of amides is 4. The second kappa shape index (κ2) is 14.3. The fourth-order valence-corrected chi connectivity index (χ4v) is 3.99. The van der Waals surface area contributed by atoms with Crippen molar-refractivity contribution in [1.29, 1.82) is 0 Å². The van der Waals surface area contributed by atoms with Crippen molar-refractivity contribution in [3.8, 4) is 23.7 Å². The Labute approximate surface area is 258 Å². The van der Waals surface area contributed by atoms with Gasteiger partial charge in [-0.3, -0.25) is 9.97 Å². The molecule has 5 aromatic rings. The van der Waals surface area contributed by atoms with Gasteiger partial charge in [0.05, 0.1) is 5.56 Å². The van der Waals surface area contributed by atoms with Crippen LogP contribution in [0.4, 0.5) is 32.3 Å². The van der Waals surface area contributed by atoms with E-state index in [0.29, 0.717) is 22.5 Å². The van der Waals surface area contributed by atoms with Gasteiger partial charge < -0.3 is 26.4 Å². The highest BCUT2D eigenvalue weighted by Gasteiger charge is 2.12. The van der Waals surface area contributed by atoms with Crippen molar-refractivity contribution in [2.45, 2.75) is 0 Å². The summed E-state index contributed by atoms with van der Waals surface area (Å²) in [5, 5.41) is 20.2. The Morgan fingerprint density at radius 3 is 1.36 bits per heavy atom. The number of nitrogens with zero attached hydrogens (tertiary/aromatic N) is 2. The number of benzene rings is 3. The number of hydrogen-bond donors (Lipinski definition) is 5. The SMILES string of the molecule is O=C(Nc1cccc(C#Cc2cccnc2)c1)Nc1cc(NC(=O)Nc2cccc(C#Cc3cccnc3)c2)cc(C(=O)O)c1. The van der Waals surface area contributed by atoms with E-state index in [0.717, 1.165) is 11.1 Å². The molecule has 0 aliphatic rings. The molecule has 0 radical (unpaired) electrons. The average Bonchev–Trinajstić information content (AvgIpc) is 3.04. The number of carbonyl (C=O) groups excluding carboxylic acids is 2. The molecule has 10 heteroatoms. The van der Waals surface area contributed by atoms with E-state index in [1.54, 1.807) is 85.5 Å². The number of hydrogen-bond acceptors (Lipinski definition) is 5. The van der Waals surface area contributed by atoms with Crippen molar-refractivity contribution in [3.63, 3.8) is 0 Å². The lowest BCUT2D eigenvalue weighted by atomic mass is 10.1. The number of pyridine rings is 2. The van der Waals surface area contributed by atoms with Gasteiger partial charge in [0, 0.05) is 69.8 Å². The van der Waals surface area contributed by atoms with Gasteiger partial charge in [-0.05, 0) is 78.9 Å². The standard InChI is InChI=1S/C35H24N6O4/c42-33(43)28-19-31(40-34(44)38-29-9-1-5-24(17-29)11-13-26-7-3-15-36-22-26)21-32(20-28)41-35(45)39-30-10-2-6-25(18-30)12-14-27-8-4-16-37-23-27/h1-10,15-23H,(H,42,43)(H2,38,40,44)(H2,39,41,45). The second-order valence-corrected chi connectivity index (χ2v) is 9.41. The van der Waals surface area contributed by atoms with E-state index < -0.39 is 18.0 Å². The van der Waals surface area contributed by atoms with E-state index >= 15 is 0 Å². The minimum Gasteiger partial charge on any atom is -0.478 e. The predicted octanol–water partition coefficient (Wildman–Crippen LogP) is 6.26. The first kappa shape index (κ1) is 29.6. The third kappa shape index (κ3) is 9.04. The molecule has 45 heavy (non-hydrogen) atoms. The summed E-state index contributed by atoms with van der Waals surface area (Å²) in [5.74, 6) is 10.8. The average molecular weight is 593 g/mol. The molecule has 4 amide bonds. The summed E-state index contributed by atoms with van der Waals surface area (Å²) in [6, 6.07) is 23.9. The van der Waals surface area contributed by atoms with E-state index in [1.165, 1.54) is 18.2 Å². The Bertz CT molecular complexity index is 1860. The smallest absolute Gasteiger partial charge is 0.335 e. The Hall–Kier alpha value is -6.91. The number of aromatic carboxylic acids is 1. The topological polar surface area (TPSA) is 145 Å². The maximum Gasteiger partial charge on any atom is 0.335 e. The maximum absolute atomic E-state index is 12.8. The van der Waals surface area contributed by atoms with E-state index in [2.05, 4.69) is 54.9 Å². The molecule has 0 aliphatic heterocycles. The first-order chi connectivity index (χ1) is 21.9. The molecule has 0 spiro atoms. The zero-order chi connectivity index (χ0) is 31.4. The number of carbonyl (C=O) groups is 3. The molecule has 5 rings (SSSR count). The molecule has 0 fully saturated rings. The predicted molar refractivity (Wildman–Crippen MR) is 172 cm³/mol. The molecule has 2 heterocycles. The molecule has 0 unspecified atom stereocenters. The van der Waals surface area contributed by atoms with Crippen molar-refractivity contribution in [3.05, 3.63) is 144 Å². The normalized spacial score (nSPS) is 9.78. The van der Waals surface area contributed by atoms with Crippen molar-refractivity contribution >= 4 is 40.8 Å². The summed E-state index contributed by atoms with van der Waals surface area (Å²) >= 11 is 0. The molecule has 2 aromatic heterocycles. The summed E-state index contributed by atoms with van der Waals surface area (Å²) < 4.78 is 0. The number of aromatic nitrogens is 2. The van der Waals surface area contributed by atoms with Crippen LogP contribution < -0.4 is 21.3 Å². The van der Waals surface area contributed by atoms with Gasteiger partial charge in [0.2, 0.25) is 0 Å². The van der Waals surface area contributed by atoms with E-state index in [9.17, 15) is 19.5 Å². The largest absolute Gasteiger partial charge is 0.478 e. The van der Waals surface area contributed by atoms with E-state index in [4.69, 9.17) is 0 Å². The molecular weight excluding hydrogens is 568 g/mol. The zero-order valence-corrected chi connectivity index (χ0v) is 23.5. The lowest BCUT2D eigenvalue weighted by molar-refractivity contribution is 0.0697. The molecule has 0 bridgehead atoms. The second-order valence-electron chi connectivity index (χ2n) is 9.41. The number of carboxylic acids is 1. The Kier molecular flexibility index (Phi) is 9.41. The van der Waals surface area contributed by atoms with Crippen LogP contribution in [0.1, 0.15) is 32.6 Å². The minimum atomic E-state index is -1.23. The maximum atomic E-state index is 12.8. The van der Waals surface area contributed by atoms with Crippen LogP contribution in [0, 0.1) is 23.7 Å². The van der Waals surface area contributed by atoms with Gasteiger partial charge >= 0.3 is 18.0 Å². The fraction of sp³-hybridized carbons (Fsp3) is 0. The molecule has 0 aliphatic carbocycles. The molecular formula is C35H24N6O4. The first-order valence-corrected chi connectivity index (χ1v) is 13.5. The molecule has 3 aromatic carbocycles. The first-order valence-electron chi connectivity index (χ1n) is 13.5. The van der Waals surface area contributed by atoms with Gasteiger partial charge in [0.25, 0.3) is 0 Å². The van der Waals surface area contributed by atoms with Crippen molar-refractivity contribution in [2.75, 3.05) is 21.3 Å². The molecule has 0 atom stereocenters. The van der Waals surface area contributed by atoms with Crippen molar-refractivity contribution < 1.29 is 19.5 Å². The van der Waals surface area contributed by atoms with Crippen LogP contribution in [-0.4, -0.2) is 33.1 Å². The van der Waals surface area contributed by atoms with E-state index in [-0.39, 0.29) is 16.9 Å². The van der Waals surface area contributed by atoms with Crippen LogP contribution in [-0.2, 0) is 0 Å². The van der Waals surface area contributed by atoms with Crippen LogP contribution in [0.15, 0.2) is 116 Å². The van der Waals surface area contributed by atoms with Gasteiger partial charge in [-0.25, -0.2) is 14.4 Å². The fourth-order valence-electron chi connectivity index (χ4n) is 3.99. The highest BCUT2D eigenvalue weighted by Crippen LogP contribution is 2.21. The molecule has 5 N–H and O–H groups in total. The summed E-state index contributed by atoms with van der Waals surface area (Å²) in [7, 11) is 0. The summed E-state index contributed by atoms with van der Waals surface area (Å²) in [5.41, 5.74) is 3.99. The van der Waals surface area contributed by atoms with Crippen LogP contribution in [0.2, 0.25) is 0 Å². The van der Waals surface area contributed by atoms with Crippen molar-refractivity contribution in [1.82, 2.24) is 9.97 Å². The summed E-state index contributed by atoms with van der Waals surface area (Å²) in [6.07, 6.45) is 6.63. The monoisotopic (exact) mass is 592 g/mol. The van der Waals surface area contributed by atoms with Crippen LogP contribution in [0.3, 0.4) is 0 Å². The highest BCUT2D eigenvalue weighted by atomic mass is 16.4. The minimum absolute atomic E-state index is 0.136.